The minimum Gasteiger partial charge on any atom is -0.317 e. The molecule has 2 heterocycles. The van der Waals surface area contributed by atoms with Gasteiger partial charge in [0.25, 0.3) is 0 Å². The molecule has 0 aliphatic carbocycles. The van der Waals surface area contributed by atoms with Crippen LogP contribution in [0.2, 0.25) is 0 Å². The van der Waals surface area contributed by atoms with Gasteiger partial charge in [-0.2, -0.15) is 11.8 Å². The maximum atomic E-state index is 4.70. The fourth-order valence-electron chi connectivity index (χ4n) is 1.92. The Morgan fingerprint density at radius 1 is 1.44 bits per heavy atom. The van der Waals surface area contributed by atoms with Crippen molar-refractivity contribution in [1.29, 1.82) is 0 Å². The molecular formula is C12H19N3S. The van der Waals surface area contributed by atoms with Gasteiger partial charge in [0.05, 0.1) is 0 Å². The summed E-state index contributed by atoms with van der Waals surface area (Å²) in [6.07, 6.45) is 2.02. The number of aromatic nitrogens is 2. The first kappa shape index (κ1) is 11.9. The van der Waals surface area contributed by atoms with Gasteiger partial charge in [0.15, 0.2) is 0 Å². The van der Waals surface area contributed by atoms with E-state index in [0.717, 1.165) is 24.4 Å². The molecule has 0 radical (unpaired) electrons. The third kappa shape index (κ3) is 2.55. The summed E-state index contributed by atoms with van der Waals surface area (Å²) in [6, 6.07) is 0.440. The van der Waals surface area contributed by atoms with Crippen molar-refractivity contribution in [3.8, 4) is 0 Å². The van der Waals surface area contributed by atoms with Gasteiger partial charge >= 0.3 is 0 Å². The summed E-state index contributed by atoms with van der Waals surface area (Å²) in [6.45, 7) is 4.27. The molecule has 0 aromatic carbocycles. The Morgan fingerprint density at radius 2 is 2.25 bits per heavy atom. The smallest absolute Gasteiger partial charge is 0.130 e. The van der Waals surface area contributed by atoms with Gasteiger partial charge in [0.2, 0.25) is 0 Å². The monoisotopic (exact) mass is 237 g/mol. The van der Waals surface area contributed by atoms with Gasteiger partial charge in [-0.05, 0) is 33.1 Å². The zero-order chi connectivity index (χ0) is 11.5. The lowest BCUT2D eigenvalue weighted by Crippen LogP contribution is -2.25. The largest absolute Gasteiger partial charge is 0.317 e. The number of nitrogens with one attached hydrogen (secondary N) is 1. The summed E-state index contributed by atoms with van der Waals surface area (Å²) in [5, 5.41) is 3.23. The fraction of sp³-hybridized carbons (Fsp3) is 0.667. The van der Waals surface area contributed by atoms with Crippen LogP contribution in [0.5, 0.6) is 0 Å². The molecule has 0 saturated heterocycles. The van der Waals surface area contributed by atoms with Crippen molar-refractivity contribution in [2.45, 2.75) is 38.5 Å². The molecule has 0 amide bonds. The summed E-state index contributed by atoms with van der Waals surface area (Å²) in [7, 11) is 1.98. The van der Waals surface area contributed by atoms with E-state index in [4.69, 9.17) is 4.98 Å². The van der Waals surface area contributed by atoms with Crippen LogP contribution in [-0.2, 0) is 18.6 Å². The van der Waals surface area contributed by atoms with Gasteiger partial charge in [0, 0.05) is 35.2 Å². The molecule has 3 nitrogen and oxygen atoms in total. The van der Waals surface area contributed by atoms with Crippen LogP contribution < -0.4 is 5.32 Å². The zero-order valence-corrected chi connectivity index (χ0v) is 11.0. The van der Waals surface area contributed by atoms with Crippen LogP contribution in [0.15, 0.2) is 0 Å². The lowest BCUT2D eigenvalue weighted by molar-refractivity contribution is 0.587. The van der Waals surface area contributed by atoms with Crippen molar-refractivity contribution in [3.63, 3.8) is 0 Å². The highest BCUT2D eigenvalue weighted by Gasteiger charge is 2.16. The number of nitrogens with zero attached hydrogens (tertiary/aromatic N) is 2. The van der Waals surface area contributed by atoms with E-state index in [0.29, 0.717) is 6.04 Å². The van der Waals surface area contributed by atoms with Crippen molar-refractivity contribution in [1.82, 2.24) is 15.3 Å². The van der Waals surface area contributed by atoms with Crippen LogP contribution >= 0.6 is 11.8 Å². The van der Waals surface area contributed by atoms with Crippen molar-refractivity contribution in [3.05, 3.63) is 22.8 Å². The molecule has 4 heteroatoms. The van der Waals surface area contributed by atoms with Crippen LogP contribution in [0, 0.1) is 6.92 Å². The highest BCUT2D eigenvalue weighted by atomic mass is 32.2. The SMILES string of the molecule is CNC(C)Cc1nc(C)c2c(n1)CCSC2. The molecular weight excluding hydrogens is 218 g/mol. The number of aryl methyl sites for hydroxylation is 2. The summed E-state index contributed by atoms with van der Waals surface area (Å²) in [4.78, 5) is 9.31. The topological polar surface area (TPSA) is 37.8 Å². The maximum Gasteiger partial charge on any atom is 0.130 e. The van der Waals surface area contributed by atoms with Gasteiger partial charge in [-0.3, -0.25) is 0 Å². The fourth-order valence-corrected chi connectivity index (χ4v) is 2.98. The molecule has 16 heavy (non-hydrogen) atoms. The first-order chi connectivity index (χ1) is 7.70. The van der Waals surface area contributed by atoms with E-state index >= 15 is 0 Å². The second kappa shape index (κ2) is 5.15. The van der Waals surface area contributed by atoms with E-state index in [1.807, 2.05) is 18.8 Å². The first-order valence-corrected chi connectivity index (χ1v) is 6.96. The van der Waals surface area contributed by atoms with Crippen LogP contribution in [0.1, 0.15) is 29.7 Å². The first-order valence-electron chi connectivity index (χ1n) is 5.81. The van der Waals surface area contributed by atoms with E-state index in [1.165, 1.54) is 22.7 Å². The van der Waals surface area contributed by atoms with Gasteiger partial charge in [-0.1, -0.05) is 0 Å². The summed E-state index contributed by atoms with van der Waals surface area (Å²) >= 11 is 1.98. The minimum atomic E-state index is 0.440. The van der Waals surface area contributed by atoms with E-state index in [1.54, 1.807) is 0 Å². The summed E-state index contributed by atoms with van der Waals surface area (Å²) in [5.74, 6) is 3.28. The lowest BCUT2D eigenvalue weighted by Gasteiger charge is -2.18. The standard InChI is InChI=1S/C12H19N3S/c1-8(13-3)6-12-14-9(2)10-7-16-5-4-11(10)15-12/h8,13H,4-7H2,1-3H3. The van der Waals surface area contributed by atoms with E-state index < -0.39 is 0 Å². The average Bonchev–Trinajstić information content (AvgIpc) is 2.29. The van der Waals surface area contributed by atoms with Crippen molar-refractivity contribution >= 4 is 11.8 Å². The van der Waals surface area contributed by atoms with Crippen molar-refractivity contribution in [2.24, 2.45) is 0 Å². The molecule has 1 unspecified atom stereocenters. The summed E-state index contributed by atoms with van der Waals surface area (Å²) < 4.78 is 0. The van der Waals surface area contributed by atoms with Crippen molar-refractivity contribution in [2.75, 3.05) is 12.8 Å². The molecule has 1 N–H and O–H groups in total. The van der Waals surface area contributed by atoms with Gasteiger partial charge in [0.1, 0.15) is 5.82 Å². The molecule has 0 bridgehead atoms. The number of hydrogen-bond donors (Lipinski definition) is 1. The highest BCUT2D eigenvalue weighted by molar-refractivity contribution is 7.98. The summed E-state index contributed by atoms with van der Waals surface area (Å²) in [5.41, 5.74) is 3.83. The molecule has 1 aromatic rings. The molecule has 1 aliphatic heterocycles. The van der Waals surface area contributed by atoms with E-state index in [9.17, 15) is 0 Å². The third-order valence-corrected chi connectivity index (χ3v) is 4.04. The lowest BCUT2D eigenvalue weighted by atomic mass is 10.1. The number of hydrogen-bond acceptors (Lipinski definition) is 4. The highest BCUT2D eigenvalue weighted by Crippen LogP contribution is 2.25. The average molecular weight is 237 g/mol. The van der Waals surface area contributed by atoms with Gasteiger partial charge < -0.3 is 5.32 Å². The normalized spacial score (nSPS) is 16.9. The molecule has 1 aromatic heterocycles. The maximum absolute atomic E-state index is 4.70. The van der Waals surface area contributed by atoms with E-state index in [-0.39, 0.29) is 0 Å². The minimum absolute atomic E-state index is 0.440. The molecule has 88 valence electrons. The Kier molecular flexibility index (Phi) is 3.82. The number of thioether (sulfide) groups is 1. The number of fused-ring (bicyclic) bond motifs is 1. The Hall–Kier alpha value is -0.610. The van der Waals surface area contributed by atoms with Gasteiger partial charge in [-0.25, -0.2) is 9.97 Å². The molecule has 0 spiro atoms. The number of likely N-dealkylation sites (N-methyl/N-ethyl adjacent to an activating group) is 1. The van der Waals surface area contributed by atoms with Crippen LogP contribution in [0.25, 0.3) is 0 Å². The number of rotatable bonds is 3. The quantitative estimate of drug-likeness (QED) is 0.869. The molecule has 1 atom stereocenters. The molecule has 2 rings (SSSR count). The van der Waals surface area contributed by atoms with E-state index in [2.05, 4.69) is 24.1 Å². The zero-order valence-electron chi connectivity index (χ0n) is 10.2. The Morgan fingerprint density at radius 3 is 3.00 bits per heavy atom. The van der Waals surface area contributed by atoms with Gasteiger partial charge in [-0.15, -0.1) is 0 Å². The van der Waals surface area contributed by atoms with Crippen molar-refractivity contribution < 1.29 is 0 Å². The second-order valence-corrected chi connectivity index (χ2v) is 5.45. The Labute approximate surface area is 101 Å². The van der Waals surface area contributed by atoms with Crippen LogP contribution in [-0.4, -0.2) is 28.8 Å². The van der Waals surface area contributed by atoms with Crippen LogP contribution in [0.3, 0.4) is 0 Å². The predicted octanol–water partition coefficient (Wildman–Crippen LogP) is 1.72. The Balaban J connectivity index is 2.24. The van der Waals surface area contributed by atoms with Crippen LogP contribution in [0.4, 0.5) is 0 Å². The predicted molar refractivity (Wildman–Crippen MR) is 68.9 cm³/mol. The molecule has 1 aliphatic rings. The second-order valence-electron chi connectivity index (χ2n) is 4.35. The molecule has 0 saturated carbocycles. The Bertz CT molecular complexity index is 379. The molecule has 0 fully saturated rings. The third-order valence-electron chi connectivity index (χ3n) is 3.06.